The number of ether oxygens (including phenoxy) is 2. The van der Waals surface area contributed by atoms with E-state index in [0.717, 1.165) is 17.5 Å². The third-order valence-corrected chi connectivity index (χ3v) is 4.54. The molecule has 0 atom stereocenters. The van der Waals surface area contributed by atoms with E-state index in [1.807, 2.05) is 30.3 Å². The van der Waals surface area contributed by atoms with Crippen molar-refractivity contribution in [2.75, 3.05) is 30.8 Å². The number of para-hydroxylation sites is 1. The third kappa shape index (κ3) is 5.75. The molecule has 1 saturated heterocycles. The minimum absolute atomic E-state index is 0.134. The number of hydrogen-bond donors (Lipinski definition) is 1. The number of nitrogens with one attached hydrogen (secondary N) is 1. The Kier molecular flexibility index (Phi) is 6.32. The molecule has 7 nitrogen and oxygen atoms in total. The Hall–Kier alpha value is -3.00. The molecule has 2 amide bonds. The van der Waals surface area contributed by atoms with E-state index in [-0.39, 0.29) is 11.8 Å². The second-order valence-corrected chi connectivity index (χ2v) is 6.73. The molecule has 0 spiro atoms. The fraction of sp³-hybridized carbons (Fsp3) is 0.211. The standard InChI is InChI=1S/C19H18N2O5S/c22-17(13-25-18(23)12-21-10-11-27-19(21)24)20-14-6-8-16(9-7-14)26-15-4-2-1-3-5-15/h1-9H,10-13H2,(H,20,22). The SMILES string of the molecule is O=C(COC(=O)CN1CCSC1=O)Nc1ccc(Oc2ccccc2)cc1. The molecule has 1 N–H and O–H groups in total. The summed E-state index contributed by atoms with van der Waals surface area (Å²) in [5.74, 6) is 0.959. The highest BCUT2D eigenvalue weighted by molar-refractivity contribution is 8.13. The van der Waals surface area contributed by atoms with Crippen LogP contribution in [0.5, 0.6) is 11.5 Å². The topological polar surface area (TPSA) is 84.9 Å². The predicted molar refractivity (Wildman–Crippen MR) is 102 cm³/mol. The minimum Gasteiger partial charge on any atom is -0.457 e. The highest BCUT2D eigenvalue weighted by atomic mass is 32.2. The third-order valence-electron chi connectivity index (χ3n) is 3.65. The second-order valence-electron chi connectivity index (χ2n) is 5.68. The van der Waals surface area contributed by atoms with Crippen molar-refractivity contribution < 1.29 is 23.9 Å². The van der Waals surface area contributed by atoms with Crippen LogP contribution >= 0.6 is 11.8 Å². The smallest absolute Gasteiger partial charge is 0.326 e. The average Bonchev–Trinajstić information content (AvgIpc) is 3.07. The maximum atomic E-state index is 11.9. The largest absolute Gasteiger partial charge is 0.457 e. The molecule has 3 rings (SSSR count). The Labute approximate surface area is 160 Å². The molecule has 1 heterocycles. The van der Waals surface area contributed by atoms with Crippen LogP contribution in [-0.2, 0) is 14.3 Å². The van der Waals surface area contributed by atoms with E-state index >= 15 is 0 Å². The summed E-state index contributed by atoms with van der Waals surface area (Å²) >= 11 is 1.16. The molecule has 8 heteroatoms. The molecule has 0 unspecified atom stereocenters. The van der Waals surface area contributed by atoms with Crippen LogP contribution in [0.3, 0.4) is 0 Å². The first-order chi connectivity index (χ1) is 13.1. The Bertz CT molecular complexity index is 811. The molecule has 1 aliphatic rings. The molecule has 0 aromatic heterocycles. The summed E-state index contributed by atoms with van der Waals surface area (Å²) in [4.78, 5) is 36.4. The number of esters is 1. The quantitative estimate of drug-likeness (QED) is 0.736. The van der Waals surface area contributed by atoms with Crippen molar-refractivity contribution >= 4 is 34.6 Å². The van der Waals surface area contributed by atoms with Crippen molar-refractivity contribution in [3.05, 3.63) is 54.6 Å². The average molecular weight is 386 g/mol. The molecule has 0 aliphatic carbocycles. The van der Waals surface area contributed by atoms with Crippen LogP contribution in [0.15, 0.2) is 54.6 Å². The molecular weight excluding hydrogens is 368 g/mol. The normalized spacial score (nSPS) is 13.3. The Morgan fingerprint density at radius 1 is 1.04 bits per heavy atom. The number of thioether (sulfide) groups is 1. The van der Waals surface area contributed by atoms with E-state index in [1.165, 1.54) is 4.90 Å². The highest BCUT2D eigenvalue weighted by Gasteiger charge is 2.24. The van der Waals surface area contributed by atoms with Gasteiger partial charge in [0, 0.05) is 18.0 Å². The summed E-state index contributed by atoms with van der Waals surface area (Å²) < 4.78 is 10.6. The fourth-order valence-corrected chi connectivity index (χ4v) is 3.17. The maximum Gasteiger partial charge on any atom is 0.326 e. The van der Waals surface area contributed by atoms with Gasteiger partial charge >= 0.3 is 5.97 Å². The van der Waals surface area contributed by atoms with Crippen molar-refractivity contribution in [3.63, 3.8) is 0 Å². The fourth-order valence-electron chi connectivity index (χ4n) is 2.34. The summed E-state index contributed by atoms with van der Waals surface area (Å²) in [6, 6.07) is 16.2. The van der Waals surface area contributed by atoms with Crippen LogP contribution in [0.2, 0.25) is 0 Å². The molecule has 2 aromatic rings. The van der Waals surface area contributed by atoms with Crippen LogP contribution in [0.4, 0.5) is 10.5 Å². The van der Waals surface area contributed by atoms with E-state index in [9.17, 15) is 14.4 Å². The molecular formula is C19H18N2O5S. The van der Waals surface area contributed by atoms with Gasteiger partial charge in [-0.3, -0.25) is 14.4 Å². The van der Waals surface area contributed by atoms with Gasteiger partial charge in [-0.05, 0) is 36.4 Å². The molecule has 140 valence electrons. The number of anilines is 1. The van der Waals surface area contributed by atoms with Gasteiger partial charge < -0.3 is 19.7 Å². The number of hydrogen-bond acceptors (Lipinski definition) is 6. The minimum atomic E-state index is -0.604. The van der Waals surface area contributed by atoms with Crippen LogP contribution in [0.25, 0.3) is 0 Å². The van der Waals surface area contributed by atoms with Gasteiger partial charge in [0.25, 0.3) is 11.1 Å². The van der Waals surface area contributed by atoms with Gasteiger partial charge in [-0.25, -0.2) is 0 Å². The van der Waals surface area contributed by atoms with Gasteiger partial charge in [0.05, 0.1) is 0 Å². The first kappa shape index (κ1) is 18.8. The van der Waals surface area contributed by atoms with Gasteiger partial charge in [0.2, 0.25) is 0 Å². The molecule has 27 heavy (non-hydrogen) atoms. The molecule has 0 radical (unpaired) electrons. The van der Waals surface area contributed by atoms with E-state index in [2.05, 4.69) is 5.32 Å². The van der Waals surface area contributed by atoms with E-state index in [4.69, 9.17) is 9.47 Å². The number of carbonyl (C=O) groups is 3. The monoisotopic (exact) mass is 386 g/mol. The first-order valence-electron chi connectivity index (χ1n) is 8.30. The lowest BCUT2D eigenvalue weighted by molar-refractivity contribution is -0.147. The molecule has 1 fully saturated rings. The summed E-state index contributed by atoms with van der Waals surface area (Å²) in [5.41, 5.74) is 0.558. The lowest BCUT2D eigenvalue weighted by atomic mass is 10.3. The summed E-state index contributed by atoms with van der Waals surface area (Å²) in [6.07, 6.45) is 0. The van der Waals surface area contributed by atoms with E-state index < -0.39 is 18.5 Å². The molecule has 0 bridgehead atoms. The van der Waals surface area contributed by atoms with Gasteiger partial charge in [0.1, 0.15) is 18.0 Å². The number of benzene rings is 2. The van der Waals surface area contributed by atoms with Crippen molar-refractivity contribution in [2.45, 2.75) is 0 Å². The Balaban J connectivity index is 1.42. The predicted octanol–water partition coefficient (Wildman–Crippen LogP) is 3.13. The van der Waals surface area contributed by atoms with E-state index in [1.54, 1.807) is 24.3 Å². The number of amides is 2. The van der Waals surface area contributed by atoms with Crippen molar-refractivity contribution in [3.8, 4) is 11.5 Å². The van der Waals surface area contributed by atoms with E-state index in [0.29, 0.717) is 23.7 Å². The van der Waals surface area contributed by atoms with Crippen molar-refractivity contribution in [1.29, 1.82) is 0 Å². The lowest BCUT2D eigenvalue weighted by Gasteiger charge is -2.13. The maximum absolute atomic E-state index is 11.9. The van der Waals surface area contributed by atoms with Crippen molar-refractivity contribution in [1.82, 2.24) is 4.90 Å². The summed E-state index contributed by atoms with van der Waals surface area (Å²) in [5, 5.41) is 2.49. The zero-order chi connectivity index (χ0) is 19.1. The Morgan fingerprint density at radius 2 is 1.74 bits per heavy atom. The Morgan fingerprint density at radius 3 is 2.41 bits per heavy atom. The number of rotatable bonds is 7. The molecule has 2 aromatic carbocycles. The lowest BCUT2D eigenvalue weighted by Crippen LogP contribution is -2.32. The summed E-state index contributed by atoms with van der Waals surface area (Å²) in [6.45, 7) is -0.0247. The van der Waals surface area contributed by atoms with Crippen LogP contribution < -0.4 is 10.1 Å². The van der Waals surface area contributed by atoms with Crippen molar-refractivity contribution in [2.24, 2.45) is 0 Å². The van der Waals surface area contributed by atoms with Crippen LogP contribution in [0.1, 0.15) is 0 Å². The number of carbonyl (C=O) groups excluding carboxylic acids is 3. The number of nitrogens with zero attached hydrogens (tertiary/aromatic N) is 1. The summed E-state index contributed by atoms with van der Waals surface area (Å²) in [7, 11) is 0. The van der Waals surface area contributed by atoms with Gasteiger partial charge in [-0.15, -0.1) is 0 Å². The molecule has 0 saturated carbocycles. The van der Waals surface area contributed by atoms with Gasteiger partial charge in [-0.2, -0.15) is 0 Å². The zero-order valence-electron chi connectivity index (χ0n) is 14.4. The van der Waals surface area contributed by atoms with Crippen LogP contribution in [-0.4, -0.2) is 47.5 Å². The highest BCUT2D eigenvalue weighted by Crippen LogP contribution is 2.22. The zero-order valence-corrected chi connectivity index (χ0v) is 15.2. The van der Waals surface area contributed by atoms with Gasteiger partial charge in [-0.1, -0.05) is 30.0 Å². The van der Waals surface area contributed by atoms with Crippen LogP contribution in [0, 0.1) is 0 Å². The molecule has 1 aliphatic heterocycles. The first-order valence-corrected chi connectivity index (χ1v) is 9.29. The second kappa shape index (κ2) is 9.09. The van der Waals surface area contributed by atoms with Gasteiger partial charge in [0.15, 0.2) is 6.61 Å².